The van der Waals surface area contributed by atoms with Gasteiger partial charge in [0, 0.05) is 6.04 Å². The summed E-state index contributed by atoms with van der Waals surface area (Å²) in [6.07, 6.45) is 1.75. The number of anilines is 1. The highest BCUT2D eigenvalue weighted by Gasteiger charge is 2.17. The molecule has 0 spiro atoms. The molecule has 1 aromatic carbocycles. The summed E-state index contributed by atoms with van der Waals surface area (Å²) < 4.78 is 13.7. The average molecular weight is 287 g/mol. The minimum absolute atomic E-state index is 0.0394. The van der Waals surface area contributed by atoms with Gasteiger partial charge in [0.15, 0.2) is 5.82 Å². The molecule has 19 heavy (non-hydrogen) atoms. The van der Waals surface area contributed by atoms with E-state index in [1.165, 1.54) is 6.07 Å². The van der Waals surface area contributed by atoms with Crippen molar-refractivity contribution in [3.8, 4) is 0 Å². The zero-order valence-corrected chi connectivity index (χ0v) is 12.2. The molecule has 3 nitrogen and oxygen atoms in total. The molecule has 1 rings (SSSR count). The first kappa shape index (κ1) is 15.8. The van der Waals surface area contributed by atoms with Crippen LogP contribution in [0.1, 0.15) is 33.6 Å². The molecule has 5 heteroatoms. The molecule has 2 N–H and O–H groups in total. The molecule has 1 aromatic rings. The molecule has 0 heterocycles. The molecule has 0 aliphatic heterocycles. The molecule has 0 aliphatic rings. The smallest absolute Gasteiger partial charge is 0.242 e. The second-order valence-electron chi connectivity index (χ2n) is 4.49. The first-order chi connectivity index (χ1) is 8.99. The van der Waals surface area contributed by atoms with Gasteiger partial charge in [-0.25, -0.2) is 4.39 Å². The minimum atomic E-state index is -0.536. The lowest BCUT2D eigenvalue weighted by atomic mass is 10.1. The maximum absolute atomic E-state index is 13.7. The standard InChI is InChI=1S/C14H20ClFN2O/c1-4-10(5-2)18-14(19)9(3)17-12-8-6-7-11(15)13(12)16/h6-10,17H,4-5H2,1-3H3,(H,18,19). The lowest BCUT2D eigenvalue weighted by molar-refractivity contribution is -0.122. The molecule has 1 amide bonds. The summed E-state index contributed by atoms with van der Waals surface area (Å²) in [5.41, 5.74) is 0.236. The summed E-state index contributed by atoms with van der Waals surface area (Å²) in [7, 11) is 0. The van der Waals surface area contributed by atoms with E-state index in [4.69, 9.17) is 11.6 Å². The summed E-state index contributed by atoms with van der Waals surface area (Å²) in [5.74, 6) is -0.681. The zero-order chi connectivity index (χ0) is 14.4. The van der Waals surface area contributed by atoms with Crippen LogP contribution in [0.3, 0.4) is 0 Å². The van der Waals surface area contributed by atoms with Crippen LogP contribution >= 0.6 is 11.6 Å². The minimum Gasteiger partial charge on any atom is -0.371 e. The van der Waals surface area contributed by atoms with Gasteiger partial charge in [-0.1, -0.05) is 31.5 Å². The zero-order valence-electron chi connectivity index (χ0n) is 11.5. The summed E-state index contributed by atoms with van der Waals surface area (Å²) in [6, 6.07) is 4.30. The van der Waals surface area contributed by atoms with E-state index in [2.05, 4.69) is 10.6 Å². The topological polar surface area (TPSA) is 41.1 Å². The number of rotatable bonds is 6. The van der Waals surface area contributed by atoms with Gasteiger partial charge in [0.2, 0.25) is 5.91 Å². The van der Waals surface area contributed by atoms with Crippen LogP contribution in [0.4, 0.5) is 10.1 Å². The first-order valence-corrected chi connectivity index (χ1v) is 6.88. The van der Waals surface area contributed by atoms with Gasteiger partial charge in [0.1, 0.15) is 6.04 Å². The molecule has 1 unspecified atom stereocenters. The normalized spacial score (nSPS) is 12.3. The first-order valence-electron chi connectivity index (χ1n) is 6.50. The van der Waals surface area contributed by atoms with E-state index in [-0.39, 0.29) is 22.7 Å². The van der Waals surface area contributed by atoms with Gasteiger partial charge >= 0.3 is 0 Å². The van der Waals surface area contributed by atoms with Crippen molar-refractivity contribution in [2.45, 2.75) is 45.7 Å². The van der Waals surface area contributed by atoms with Gasteiger partial charge in [-0.05, 0) is 31.9 Å². The second-order valence-corrected chi connectivity index (χ2v) is 4.90. The average Bonchev–Trinajstić information content (AvgIpc) is 2.40. The van der Waals surface area contributed by atoms with E-state index in [0.29, 0.717) is 0 Å². The van der Waals surface area contributed by atoms with E-state index in [1.807, 2.05) is 13.8 Å². The Labute approximate surface area is 118 Å². The largest absolute Gasteiger partial charge is 0.371 e. The summed E-state index contributed by atoms with van der Waals surface area (Å²) in [5, 5.41) is 5.79. The van der Waals surface area contributed by atoms with Crippen LogP contribution in [0.25, 0.3) is 0 Å². The van der Waals surface area contributed by atoms with Gasteiger partial charge in [0.25, 0.3) is 0 Å². The third kappa shape index (κ3) is 4.39. The number of nitrogens with one attached hydrogen (secondary N) is 2. The highest BCUT2D eigenvalue weighted by Crippen LogP contribution is 2.22. The second kappa shape index (κ2) is 7.34. The third-order valence-electron chi connectivity index (χ3n) is 3.05. The summed E-state index contributed by atoms with van der Waals surface area (Å²) in [6.45, 7) is 5.73. The number of halogens is 2. The monoisotopic (exact) mass is 286 g/mol. The molecule has 0 aromatic heterocycles. The third-order valence-corrected chi connectivity index (χ3v) is 3.34. The Balaban J connectivity index is 2.66. The summed E-state index contributed by atoms with van der Waals surface area (Å²) >= 11 is 5.69. The Bertz CT molecular complexity index is 435. The van der Waals surface area contributed by atoms with Crippen LogP contribution in [0.5, 0.6) is 0 Å². The molecule has 0 fully saturated rings. The van der Waals surface area contributed by atoms with Crippen molar-refractivity contribution in [1.82, 2.24) is 5.32 Å². The van der Waals surface area contributed by atoms with Crippen molar-refractivity contribution in [2.75, 3.05) is 5.32 Å². The quantitative estimate of drug-likeness (QED) is 0.839. The van der Waals surface area contributed by atoms with E-state index >= 15 is 0 Å². The lowest BCUT2D eigenvalue weighted by Gasteiger charge is -2.20. The van der Waals surface area contributed by atoms with Crippen molar-refractivity contribution >= 4 is 23.2 Å². The van der Waals surface area contributed by atoms with Gasteiger partial charge in [-0.15, -0.1) is 0 Å². The SMILES string of the molecule is CCC(CC)NC(=O)C(C)Nc1cccc(Cl)c1F. The van der Waals surface area contributed by atoms with Crippen LogP contribution in [0, 0.1) is 5.82 Å². The van der Waals surface area contributed by atoms with E-state index in [9.17, 15) is 9.18 Å². The number of hydrogen-bond donors (Lipinski definition) is 2. The predicted octanol–water partition coefficient (Wildman–Crippen LogP) is 3.58. The van der Waals surface area contributed by atoms with Crippen LogP contribution in [0.15, 0.2) is 18.2 Å². The molecule has 0 aliphatic carbocycles. The molecule has 106 valence electrons. The van der Waals surface area contributed by atoms with Crippen LogP contribution in [0.2, 0.25) is 5.02 Å². The Kier molecular flexibility index (Phi) is 6.09. The van der Waals surface area contributed by atoms with Gasteiger partial charge < -0.3 is 10.6 Å². The molecule has 0 bridgehead atoms. The van der Waals surface area contributed by atoms with Crippen molar-refractivity contribution in [3.63, 3.8) is 0 Å². The van der Waals surface area contributed by atoms with Crippen molar-refractivity contribution in [2.24, 2.45) is 0 Å². The predicted molar refractivity (Wildman–Crippen MR) is 77.0 cm³/mol. The molecule has 1 atom stereocenters. The highest BCUT2D eigenvalue weighted by atomic mass is 35.5. The van der Waals surface area contributed by atoms with E-state index < -0.39 is 11.9 Å². The van der Waals surface area contributed by atoms with Crippen molar-refractivity contribution in [3.05, 3.63) is 29.0 Å². The van der Waals surface area contributed by atoms with Gasteiger partial charge in [-0.2, -0.15) is 0 Å². The molecular weight excluding hydrogens is 267 g/mol. The number of hydrogen-bond acceptors (Lipinski definition) is 2. The maximum Gasteiger partial charge on any atom is 0.242 e. The fourth-order valence-electron chi connectivity index (χ4n) is 1.73. The van der Waals surface area contributed by atoms with E-state index in [0.717, 1.165) is 12.8 Å². The number of carbonyl (C=O) groups is 1. The van der Waals surface area contributed by atoms with Gasteiger partial charge in [-0.3, -0.25) is 4.79 Å². The molecular formula is C14H20ClFN2O. The van der Waals surface area contributed by atoms with Crippen LogP contribution < -0.4 is 10.6 Å². The Morgan fingerprint density at radius 3 is 2.58 bits per heavy atom. The molecule has 0 radical (unpaired) electrons. The fourth-order valence-corrected chi connectivity index (χ4v) is 1.91. The highest BCUT2D eigenvalue weighted by molar-refractivity contribution is 6.31. The lowest BCUT2D eigenvalue weighted by Crippen LogP contribution is -2.42. The maximum atomic E-state index is 13.7. The fraction of sp³-hybridized carbons (Fsp3) is 0.500. The van der Waals surface area contributed by atoms with E-state index in [1.54, 1.807) is 19.1 Å². The van der Waals surface area contributed by atoms with Gasteiger partial charge in [0.05, 0.1) is 10.7 Å². The molecule has 0 saturated heterocycles. The van der Waals surface area contributed by atoms with Crippen LogP contribution in [-0.2, 0) is 4.79 Å². The Hall–Kier alpha value is -1.29. The Morgan fingerprint density at radius 2 is 2.00 bits per heavy atom. The Morgan fingerprint density at radius 1 is 1.37 bits per heavy atom. The molecule has 0 saturated carbocycles. The summed E-state index contributed by atoms with van der Waals surface area (Å²) in [4.78, 5) is 11.9. The number of amides is 1. The van der Waals surface area contributed by atoms with Crippen molar-refractivity contribution < 1.29 is 9.18 Å². The number of carbonyl (C=O) groups excluding carboxylic acids is 1. The van der Waals surface area contributed by atoms with Crippen molar-refractivity contribution in [1.29, 1.82) is 0 Å². The van der Waals surface area contributed by atoms with Crippen LogP contribution in [-0.4, -0.2) is 18.0 Å². The number of benzene rings is 1.